The van der Waals surface area contributed by atoms with Crippen LogP contribution in [0.1, 0.15) is 39.0 Å². The molecular formula is C15H25N3O2. The number of nitriles is 1. The Bertz CT molecular complexity index is 375. The second-order valence-electron chi connectivity index (χ2n) is 6.20. The zero-order valence-electron chi connectivity index (χ0n) is 12.3. The number of rotatable bonds is 3. The molecule has 1 saturated heterocycles. The van der Waals surface area contributed by atoms with Crippen molar-refractivity contribution in [3.05, 3.63) is 0 Å². The fraction of sp³-hybridized carbons (Fsp3) is 0.867. The highest BCUT2D eigenvalue weighted by Gasteiger charge is 2.42. The van der Waals surface area contributed by atoms with Gasteiger partial charge in [-0.15, -0.1) is 0 Å². The van der Waals surface area contributed by atoms with Gasteiger partial charge in [-0.3, -0.25) is 9.69 Å². The topological polar surface area (TPSA) is 67.6 Å². The van der Waals surface area contributed by atoms with Gasteiger partial charge in [0.15, 0.2) is 0 Å². The minimum absolute atomic E-state index is 0.0383. The van der Waals surface area contributed by atoms with Gasteiger partial charge in [0, 0.05) is 32.7 Å². The minimum Gasteiger partial charge on any atom is -0.392 e. The first-order valence-corrected chi connectivity index (χ1v) is 7.68. The van der Waals surface area contributed by atoms with E-state index in [0.29, 0.717) is 19.6 Å². The van der Waals surface area contributed by atoms with Crippen molar-refractivity contribution < 1.29 is 9.90 Å². The van der Waals surface area contributed by atoms with E-state index in [-0.39, 0.29) is 12.0 Å². The Morgan fingerprint density at radius 1 is 1.25 bits per heavy atom. The highest BCUT2D eigenvalue weighted by Crippen LogP contribution is 2.37. The van der Waals surface area contributed by atoms with E-state index in [1.165, 1.54) is 0 Å². The van der Waals surface area contributed by atoms with Crippen LogP contribution in [0.5, 0.6) is 0 Å². The second kappa shape index (κ2) is 6.55. The van der Waals surface area contributed by atoms with Gasteiger partial charge in [-0.05, 0) is 19.8 Å². The lowest BCUT2D eigenvalue weighted by molar-refractivity contribution is -0.142. The lowest BCUT2D eigenvalue weighted by Crippen LogP contribution is -2.54. The van der Waals surface area contributed by atoms with Crippen molar-refractivity contribution in [3.8, 4) is 6.07 Å². The van der Waals surface area contributed by atoms with Gasteiger partial charge in [-0.25, -0.2) is 0 Å². The Morgan fingerprint density at radius 3 is 2.35 bits per heavy atom. The number of aliphatic hydroxyl groups excluding tert-OH is 1. The summed E-state index contributed by atoms with van der Waals surface area (Å²) >= 11 is 0. The van der Waals surface area contributed by atoms with Gasteiger partial charge in [0.25, 0.3) is 0 Å². The quantitative estimate of drug-likeness (QED) is 0.836. The van der Waals surface area contributed by atoms with Crippen molar-refractivity contribution in [1.82, 2.24) is 9.80 Å². The van der Waals surface area contributed by atoms with Gasteiger partial charge >= 0.3 is 0 Å². The molecule has 1 saturated carbocycles. The molecule has 1 atom stereocenters. The minimum atomic E-state index is -0.759. The van der Waals surface area contributed by atoms with Crippen molar-refractivity contribution in [2.45, 2.75) is 45.1 Å². The van der Waals surface area contributed by atoms with Crippen LogP contribution in [0.2, 0.25) is 0 Å². The number of piperazine rings is 1. The summed E-state index contributed by atoms with van der Waals surface area (Å²) in [5.74, 6) is 0.0383. The maximum Gasteiger partial charge on any atom is 0.243 e. The molecule has 5 nitrogen and oxygen atoms in total. The first-order chi connectivity index (χ1) is 9.57. The zero-order chi connectivity index (χ0) is 14.6. The molecule has 1 aliphatic carbocycles. The van der Waals surface area contributed by atoms with Crippen LogP contribution < -0.4 is 0 Å². The van der Waals surface area contributed by atoms with Gasteiger partial charge in [0.2, 0.25) is 5.91 Å². The number of aliphatic hydroxyl groups is 1. The maximum absolute atomic E-state index is 12.7. The number of hydrogen-bond acceptors (Lipinski definition) is 4. The number of amides is 1. The zero-order valence-corrected chi connectivity index (χ0v) is 12.3. The number of carbonyl (C=O) groups excluding carboxylic acids is 1. The summed E-state index contributed by atoms with van der Waals surface area (Å²) in [5, 5.41) is 18.9. The Kier molecular flexibility index (Phi) is 5.00. The van der Waals surface area contributed by atoms with Crippen LogP contribution in [0.25, 0.3) is 0 Å². The van der Waals surface area contributed by atoms with E-state index in [1.54, 1.807) is 6.92 Å². The molecule has 1 aliphatic heterocycles. The molecule has 0 bridgehead atoms. The van der Waals surface area contributed by atoms with Crippen LogP contribution >= 0.6 is 0 Å². The van der Waals surface area contributed by atoms with Crippen molar-refractivity contribution in [2.75, 3.05) is 32.7 Å². The third-order valence-electron chi connectivity index (χ3n) is 4.51. The largest absolute Gasteiger partial charge is 0.392 e. The molecule has 0 aromatic rings. The summed E-state index contributed by atoms with van der Waals surface area (Å²) in [6.45, 7) is 5.37. The van der Waals surface area contributed by atoms with Crippen molar-refractivity contribution >= 4 is 5.91 Å². The highest BCUT2D eigenvalue weighted by molar-refractivity contribution is 5.85. The van der Waals surface area contributed by atoms with E-state index in [1.807, 2.05) is 4.90 Å². The number of nitrogens with zero attached hydrogens (tertiary/aromatic N) is 3. The normalized spacial score (nSPS) is 24.9. The summed E-state index contributed by atoms with van der Waals surface area (Å²) < 4.78 is 0. The van der Waals surface area contributed by atoms with Gasteiger partial charge in [-0.1, -0.05) is 19.3 Å². The molecule has 2 fully saturated rings. The average molecular weight is 279 g/mol. The molecule has 0 aromatic carbocycles. The first-order valence-electron chi connectivity index (χ1n) is 7.68. The van der Waals surface area contributed by atoms with E-state index in [0.717, 1.165) is 45.2 Å². The monoisotopic (exact) mass is 279 g/mol. The molecule has 20 heavy (non-hydrogen) atoms. The molecule has 1 N–H and O–H groups in total. The van der Waals surface area contributed by atoms with Crippen molar-refractivity contribution in [2.24, 2.45) is 5.41 Å². The van der Waals surface area contributed by atoms with Crippen LogP contribution in [-0.2, 0) is 4.79 Å². The molecule has 2 aliphatic rings. The Hall–Kier alpha value is -1.12. The van der Waals surface area contributed by atoms with Crippen LogP contribution in [0.3, 0.4) is 0 Å². The maximum atomic E-state index is 12.7. The Labute approximate surface area is 121 Å². The van der Waals surface area contributed by atoms with Crippen LogP contribution in [0.15, 0.2) is 0 Å². The standard InChI is InChI=1S/C15H25N3O2/c1-13(19)11-17-7-9-18(10-8-17)14(20)15(12-16)5-3-2-4-6-15/h13,19H,2-11H2,1H3. The van der Waals surface area contributed by atoms with Crippen molar-refractivity contribution in [1.29, 1.82) is 5.26 Å². The molecule has 112 valence electrons. The highest BCUT2D eigenvalue weighted by atomic mass is 16.3. The summed E-state index contributed by atoms with van der Waals surface area (Å²) in [4.78, 5) is 16.7. The van der Waals surface area contributed by atoms with Crippen molar-refractivity contribution in [3.63, 3.8) is 0 Å². The lowest BCUT2D eigenvalue weighted by Gasteiger charge is -2.40. The fourth-order valence-electron chi connectivity index (χ4n) is 3.34. The predicted molar refractivity (Wildman–Crippen MR) is 75.8 cm³/mol. The summed E-state index contributed by atoms with van der Waals surface area (Å²) in [5.41, 5.74) is -0.759. The van der Waals surface area contributed by atoms with Crippen LogP contribution in [0.4, 0.5) is 0 Å². The number of carbonyl (C=O) groups is 1. The average Bonchev–Trinajstić information content (AvgIpc) is 2.47. The first kappa shape index (κ1) is 15.3. The summed E-state index contributed by atoms with van der Waals surface area (Å²) in [6, 6.07) is 2.31. The molecule has 2 rings (SSSR count). The molecule has 1 amide bonds. The smallest absolute Gasteiger partial charge is 0.243 e. The number of hydrogen-bond donors (Lipinski definition) is 1. The third kappa shape index (κ3) is 3.31. The predicted octanol–water partition coefficient (Wildman–Crippen LogP) is 0.985. The van der Waals surface area contributed by atoms with E-state index in [4.69, 9.17) is 0 Å². The summed E-state index contributed by atoms with van der Waals surface area (Å²) in [6.07, 6.45) is 4.22. The molecule has 5 heteroatoms. The van der Waals surface area contributed by atoms with Gasteiger partial charge in [0.1, 0.15) is 5.41 Å². The number of β-amino-alcohol motifs (C(OH)–C–C–N with tert-alkyl or cyclic N) is 1. The lowest BCUT2D eigenvalue weighted by atomic mass is 9.74. The van der Waals surface area contributed by atoms with E-state index in [9.17, 15) is 15.2 Å². The van der Waals surface area contributed by atoms with Crippen LogP contribution in [0, 0.1) is 16.7 Å². The molecular weight excluding hydrogens is 254 g/mol. The van der Waals surface area contributed by atoms with Crippen LogP contribution in [-0.4, -0.2) is 59.6 Å². The molecule has 1 unspecified atom stereocenters. The fourth-order valence-corrected chi connectivity index (χ4v) is 3.34. The summed E-state index contributed by atoms with van der Waals surface area (Å²) in [7, 11) is 0. The van der Waals surface area contributed by atoms with E-state index < -0.39 is 5.41 Å². The third-order valence-corrected chi connectivity index (χ3v) is 4.51. The molecule has 0 radical (unpaired) electrons. The molecule has 0 spiro atoms. The molecule has 0 aromatic heterocycles. The van der Waals surface area contributed by atoms with E-state index in [2.05, 4.69) is 11.0 Å². The Balaban J connectivity index is 1.92. The molecule has 1 heterocycles. The SMILES string of the molecule is CC(O)CN1CCN(C(=O)C2(C#N)CCCCC2)CC1. The van der Waals surface area contributed by atoms with Gasteiger partial charge < -0.3 is 10.0 Å². The Morgan fingerprint density at radius 2 is 1.85 bits per heavy atom. The van der Waals surface area contributed by atoms with Gasteiger partial charge in [0.05, 0.1) is 12.2 Å². The second-order valence-corrected chi connectivity index (χ2v) is 6.20. The van der Waals surface area contributed by atoms with E-state index >= 15 is 0 Å². The van der Waals surface area contributed by atoms with Gasteiger partial charge in [-0.2, -0.15) is 5.26 Å².